The molecule has 1 aliphatic rings. The maximum Gasteiger partial charge on any atom is 0.191 e. The van der Waals surface area contributed by atoms with Gasteiger partial charge in [0.25, 0.3) is 0 Å². The molecule has 0 aromatic heterocycles. The molecule has 1 aliphatic heterocycles. The van der Waals surface area contributed by atoms with Gasteiger partial charge in [-0.2, -0.15) is 11.8 Å². The number of ether oxygens (including phenoxy) is 2. The zero-order chi connectivity index (χ0) is 21.1. The van der Waals surface area contributed by atoms with Crippen LogP contribution in [0.25, 0.3) is 0 Å². The number of hydrogen-bond acceptors (Lipinski definition) is 5. The Labute approximate surface area is 180 Å². The number of guanidine groups is 1. The van der Waals surface area contributed by atoms with Crippen LogP contribution < -0.4 is 15.4 Å². The summed E-state index contributed by atoms with van der Waals surface area (Å²) >= 11 is 1.84. The van der Waals surface area contributed by atoms with E-state index in [1.165, 1.54) is 5.56 Å². The summed E-state index contributed by atoms with van der Waals surface area (Å²) in [5.74, 6) is 1.73. The lowest BCUT2D eigenvalue weighted by molar-refractivity contribution is 0.0392. The molecule has 0 spiro atoms. The smallest absolute Gasteiger partial charge is 0.191 e. The van der Waals surface area contributed by atoms with Crippen LogP contribution in [0.5, 0.6) is 5.75 Å². The first-order valence-electron chi connectivity index (χ1n) is 10.4. The molecule has 0 saturated carbocycles. The Hall–Kier alpha value is -1.44. The highest BCUT2D eigenvalue weighted by molar-refractivity contribution is 7.99. The molecule has 0 radical (unpaired) electrons. The van der Waals surface area contributed by atoms with E-state index in [0.717, 1.165) is 50.9 Å². The lowest BCUT2D eigenvalue weighted by Gasteiger charge is -2.31. The largest absolute Gasteiger partial charge is 0.492 e. The first-order valence-corrected chi connectivity index (χ1v) is 11.7. The van der Waals surface area contributed by atoms with Crippen molar-refractivity contribution in [2.24, 2.45) is 4.99 Å². The molecule has 0 aliphatic carbocycles. The van der Waals surface area contributed by atoms with Gasteiger partial charge in [-0.15, -0.1) is 0 Å². The third-order valence-corrected chi connectivity index (χ3v) is 6.59. The third kappa shape index (κ3) is 8.84. The Morgan fingerprint density at radius 3 is 2.76 bits per heavy atom. The van der Waals surface area contributed by atoms with Gasteiger partial charge in [-0.05, 0) is 57.7 Å². The quantitative estimate of drug-likeness (QED) is 0.447. The molecule has 6 nitrogen and oxygen atoms in total. The normalized spacial score (nSPS) is 16.1. The number of nitrogens with zero attached hydrogens (tertiary/aromatic N) is 2. The molecule has 1 saturated heterocycles. The molecule has 1 fully saturated rings. The van der Waals surface area contributed by atoms with Crippen molar-refractivity contribution in [2.45, 2.75) is 44.0 Å². The summed E-state index contributed by atoms with van der Waals surface area (Å²) in [4.78, 5) is 6.70. The Kier molecular flexibility index (Phi) is 10.1. The van der Waals surface area contributed by atoms with Gasteiger partial charge >= 0.3 is 0 Å². The predicted octanol–water partition coefficient (Wildman–Crippen LogP) is 2.98. The Morgan fingerprint density at radius 2 is 2.07 bits per heavy atom. The molecule has 0 bridgehead atoms. The van der Waals surface area contributed by atoms with Crippen molar-refractivity contribution in [1.82, 2.24) is 15.5 Å². The molecule has 2 N–H and O–H groups in total. The number of thioether (sulfide) groups is 1. The summed E-state index contributed by atoms with van der Waals surface area (Å²) in [6, 6.07) is 8.87. The SMILES string of the molecule is CN=C(NCc1cccc(OCCN(C)C2CCOCC2)c1)NCC(C)(C)SC. The highest BCUT2D eigenvalue weighted by atomic mass is 32.2. The minimum atomic E-state index is 0.170. The highest BCUT2D eigenvalue weighted by Gasteiger charge is 2.18. The topological polar surface area (TPSA) is 58.1 Å². The van der Waals surface area contributed by atoms with E-state index in [1.54, 1.807) is 7.05 Å². The molecule has 164 valence electrons. The van der Waals surface area contributed by atoms with Crippen LogP contribution in [-0.4, -0.2) is 74.9 Å². The third-order valence-electron chi connectivity index (χ3n) is 5.34. The summed E-state index contributed by atoms with van der Waals surface area (Å²) in [5, 5.41) is 6.78. The molecule has 1 aromatic rings. The van der Waals surface area contributed by atoms with Crippen molar-refractivity contribution in [3.05, 3.63) is 29.8 Å². The molecule has 29 heavy (non-hydrogen) atoms. The standard InChI is InChI=1S/C22H38N4O2S/c1-22(2,29-5)17-25-21(23-3)24-16-18-7-6-8-20(15-18)28-14-11-26(4)19-9-12-27-13-10-19/h6-8,15,19H,9-14,16-17H2,1-5H3,(H2,23,24,25). The molecular formula is C22H38N4O2S. The van der Waals surface area contributed by atoms with Gasteiger partial charge in [-0.3, -0.25) is 9.89 Å². The Morgan fingerprint density at radius 1 is 1.31 bits per heavy atom. The molecule has 0 atom stereocenters. The minimum Gasteiger partial charge on any atom is -0.492 e. The van der Waals surface area contributed by atoms with Crippen LogP contribution in [0.1, 0.15) is 32.3 Å². The molecule has 1 heterocycles. The Balaban J connectivity index is 1.75. The fraction of sp³-hybridized carbons (Fsp3) is 0.682. The fourth-order valence-electron chi connectivity index (χ4n) is 3.14. The number of rotatable bonds is 10. The van der Waals surface area contributed by atoms with E-state index in [2.05, 4.69) is 59.8 Å². The Bertz CT molecular complexity index is 633. The van der Waals surface area contributed by atoms with Crippen LogP contribution in [0.3, 0.4) is 0 Å². The van der Waals surface area contributed by atoms with E-state index in [1.807, 2.05) is 23.9 Å². The van der Waals surface area contributed by atoms with Crippen LogP contribution in [0, 0.1) is 0 Å². The number of benzene rings is 1. The first-order chi connectivity index (χ1) is 13.9. The highest BCUT2D eigenvalue weighted by Crippen LogP contribution is 2.19. The van der Waals surface area contributed by atoms with Gasteiger partial charge in [0.05, 0.1) is 0 Å². The number of nitrogens with one attached hydrogen (secondary N) is 2. The van der Waals surface area contributed by atoms with Gasteiger partial charge in [0.2, 0.25) is 0 Å². The number of hydrogen-bond donors (Lipinski definition) is 2. The van der Waals surface area contributed by atoms with Crippen molar-refractivity contribution in [3.8, 4) is 5.75 Å². The summed E-state index contributed by atoms with van der Waals surface area (Å²) in [6.07, 6.45) is 4.35. The van der Waals surface area contributed by atoms with E-state index in [4.69, 9.17) is 9.47 Å². The van der Waals surface area contributed by atoms with Gasteiger partial charge < -0.3 is 20.1 Å². The van der Waals surface area contributed by atoms with E-state index < -0.39 is 0 Å². The molecule has 7 heteroatoms. The van der Waals surface area contributed by atoms with Gasteiger partial charge in [0.1, 0.15) is 12.4 Å². The lowest BCUT2D eigenvalue weighted by atomic mass is 10.1. The zero-order valence-electron chi connectivity index (χ0n) is 18.7. The molecule has 1 aromatic carbocycles. The second kappa shape index (κ2) is 12.3. The molecular weight excluding hydrogens is 384 g/mol. The lowest BCUT2D eigenvalue weighted by Crippen LogP contribution is -2.42. The van der Waals surface area contributed by atoms with E-state index >= 15 is 0 Å². The minimum absolute atomic E-state index is 0.170. The monoisotopic (exact) mass is 422 g/mol. The van der Waals surface area contributed by atoms with Crippen LogP contribution in [0.2, 0.25) is 0 Å². The average molecular weight is 423 g/mol. The zero-order valence-corrected chi connectivity index (χ0v) is 19.5. The summed E-state index contributed by atoms with van der Waals surface area (Å²) < 4.78 is 11.6. The summed E-state index contributed by atoms with van der Waals surface area (Å²) in [5.41, 5.74) is 1.17. The van der Waals surface area contributed by atoms with E-state index in [9.17, 15) is 0 Å². The predicted molar refractivity (Wildman–Crippen MR) is 124 cm³/mol. The average Bonchev–Trinajstić information content (AvgIpc) is 2.74. The van der Waals surface area contributed by atoms with Crippen LogP contribution in [-0.2, 0) is 11.3 Å². The van der Waals surface area contributed by atoms with Gasteiger partial charge in [0.15, 0.2) is 5.96 Å². The van der Waals surface area contributed by atoms with Crippen molar-refractivity contribution in [3.63, 3.8) is 0 Å². The van der Waals surface area contributed by atoms with E-state index in [-0.39, 0.29) is 4.75 Å². The van der Waals surface area contributed by atoms with Crippen LogP contribution in [0.4, 0.5) is 0 Å². The van der Waals surface area contributed by atoms with Crippen molar-refractivity contribution < 1.29 is 9.47 Å². The second-order valence-corrected chi connectivity index (χ2v) is 9.58. The number of aliphatic imine (C=N–C) groups is 1. The van der Waals surface area contributed by atoms with Crippen molar-refractivity contribution in [1.29, 1.82) is 0 Å². The maximum absolute atomic E-state index is 6.00. The van der Waals surface area contributed by atoms with Gasteiger partial charge in [0, 0.05) is 50.7 Å². The first kappa shape index (κ1) is 23.8. The molecule has 2 rings (SSSR count). The summed E-state index contributed by atoms with van der Waals surface area (Å²) in [7, 11) is 3.98. The number of likely N-dealkylation sites (N-methyl/N-ethyl adjacent to an activating group) is 1. The van der Waals surface area contributed by atoms with E-state index in [0.29, 0.717) is 19.2 Å². The van der Waals surface area contributed by atoms with Gasteiger partial charge in [-0.1, -0.05) is 12.1 Å². The van der Waals surface area contributed by atoms with Crippen molar-refractivity contribution in [2.75, 3.05) is 53.3 Å². The van der Waals surface area contributed by atoms with Crippen molar-refractivity contribution >= 4 is 17.7 Å². The van der Waals surface area contributed by atoms with Crippen LogP contribution >= 0.6 is 11.8 Å². The maximum atomic E-state index is 6.00. The molecule has 0 unspecified atom stereocenters. The molecule has 0 amide bonds. The second-order valence-electron chi connectivity index (χ2n) is 8.06. The van der Waals surface area contributed by atoms with Gasteiger partial charge in [-0.25, -0.2) is 0 Å². The fourth-order valence-corrected chi connectivity index (χ4v) is 3.35. The summed E-state index contributed by atoms with van der Waals surface area (Å²) in [6.45, 7) is 9.37. The van der Waals surface area contributed by atoms with Crippen LogP contribution in [0.15, 0.2) is 29.3 Å².